The third-order valence-electron chi connectivity index (χ3n) is 0. The molecule has 0 aromatic carbocycles. The van der Waals surface area contributed by atoms with Gasteiger partial charge in [0.05, 0.1) is 0 Å². The number of carboxylic acid groups (broad SMARTS) is 2. The van der Waals surface area contributed by atoms with Gasteiger partial charge in [0.25, 0.3) is 0 Å². The molecule has 0 aliphatic carbocycles. The van der Waals surface area contributed by atoms with E-state index >= 15 is 0 Å². The van der Waals surface area contributed by atoms with Gasteiger partial charge in [-0.05, 0) is 0 Å². The van der Waals surface area contributed by atoms with E-state index in [1.54, 1.807) is 0 Å². The van der Waals surface area contributed by atoms with Gasteiger partial charge in [0, 0.05) is 17.1 Å². The Bertz CT molecular complexity index is 33.8. The molecule has 0 fully saturated rings. The summed E-state index contributed by atoms with van der Waals surface area (Å²) in [6.07, 6.45) is -1.83. The SMILES string of the molecule is O=C(O)O.[BiH3].[Cu]. The number of carbonyl (C=O) groups is 1. The van der Waals surface area contributed by atoms with Gasteiger partial charge in [0.15, 0.2) is 0 Å². The van der Waals surface area contributed by atoms with Crippen LogP contribution in [0.2, 0.25) is 0 Å². The molecule has 0 atom stereocenters. The molecule has 0 rings (SSSR count). The van der Waals surface area contributed by atoms with Crippen molar-refractivity contribution >= 4 is 32.4 Å². The maximum absolute atomic E-state index is 8.56. The summed E-state index contributed by atoms with van der Waals surface area (Å²) in [5.41, 5.74) is 0. The topological polar surface area (TPSA) is 57.5 Å². The van der Waals surface area contributed by atoms with Gasteiger partial charge in [-0.15, -0.1) is 0 Å². The molecule has 5 heteroatoms. The molecule has 0 saturated carbocycles. The first-order valence-electron chi connectivity index (χ1n) is 0.651. The zero-order valence-corrected chi connectivity index (χ0v) is 9.25. The minimum atomic E-state index is -1.83. The summed E-state index contributed by atoms with van der Waals surface area (Å²) < 4.78 is 0. The Labute approximate surface area is 64.3 Å². The van der Waals surface area contributed by atoms with Crippen molar-refractivity contribution in [1.29, 1.82) is 0 Å². The molecule has 0 aliphatic rings. The van der Waals surface area contributed by atoms with Crippen LogP contribution in [0.25, 0.3) is 0 Å². The standard InChI is InChI=1S/CH2O3.Bi.Cu.3H/c2-1(3)4;;;;;/h(H2,2,3,4);;;;;. The summed E-state index contributed by atoms with van der Waals surface area (Å²) in [5.74, 6) is 0. The van der Waals surface area contributed by atoms with Gasteiger partial charge in [-0.3, -0.25) is 0 Å². The van der Waals surface area contributed by atoms with Crippen LogP contribution in [-0.4, -0.2) is 42.6 Å². The fourth-order valence-electron chi connectivity index (χ4n) is 0. The van der Waals surface area contributed by atoms with Crippen LogP contribution >= 0.6 is 0 Å². The Morgan fingerprint density at radius 1 is 1.33 bits per heavy atom. The van der Waals surface area contributed by atoms with Crippen LogP contribution in [0.4, 0.5) is 4.79 Å². The minimum absolute atomic E-state index is 0. The van der Waals surface area contributed by atoms with Crippen LogP contribution in [0.5, 0.6) is 0 Å². The van der Waals surface area contributed by atoms with Crippen LogP contribution in [0, 0.1) is 0 Å². The summed E-state index contributed by atoms with van der Waals surface area (Å²) in [6, 6.07) is 0. The molecule has 0 heterocycles. The molecule has 2 N–H and O–H groups in total. The van der Waals surface area contributed by atoms with Gasteiger partial charge in [-0.2, -0.15) is 0 Å². The Hall–Kier alpha value is 0.673. The van der Waals surface area contributed by atoms with E-state index in [4.69, 9.17) is 15.0 Å². The molecular weight excluding hydrogens is 333 g/mol. The van der Waals surface area contributed by atoms with Crippen LogP contribution < -0.4 is 0 Å². The number of rotatable bonds is 0. The number of hydrogen-bond donors (Lipinski definition) is 2. The van der Waals surface area contributed by atoms with Gasteiger partial charge < -0.3 is 10.2 Å². The Kier molecular flexibility index (Phi) is 24.4. The molecule has 0 spiro atoms. The molecule has 0 amide bonds. The van der Waals surface area contributed by atoms with Gasteiger partial charge in [0.2, 0.25) is 0 Å². The van der Waals surface area contributed by atoms with Crippen LogP contribution in [0.3, 0.4) is 0 Å². The van der Waals surface area contributed by atoms with E-state index in [0.717, 1.165) is 0 Å². The zero-order valence-electron chi connectivity index (χ0n) is 2.81. The van der Waals surface area contributed by atoms with E-state index in [1.165, 1.54) is 0 Å². The molecule has 0 aromatic heterocycles. The average molecular weight is 338 g/mol. The van der Waals surface area contributed by atoms with Crippen LogP contribution in [0.1, 0.15) is 0 Å². The molecule has 6 heavy (non-hydrogen) atoms. The first-order valence-corrected chi connectivity index (χ1v) is 0.651. The summed E-state index contributed by atoms with van der Waals surface area (Å²) >= 11 is 0. The third kappa shape index (κ3) is 139. The van der Waals surface area contributed by atoms with Crippen molar-refractivity contribution in [3.8, 4) is 0 Å². The maximum Gasteiger partial charge on any atom is 0 e. The first-order chi connectivity index (χ1) is 1.73. The fraction of sp³-hybridized carbons (Fsp3) is 0. The van der Waals surface area contributed by atoms with Crippen molar-refractivity contribution in [2.24, 2.45) is 0 Å². The van der Waals surface area contributed by atoms with E-state index in [0.29, 0.717) is 0 Å². The van der Waals surface area contributed by atoms with Gasteiger partial charge in [-0.25, -0.2) is 4.79 Å². The van der Waals surface area contributed by atoms with Gasteiger partial charge in [0.1, 0.15) is 0 Å². The monoisotopic (exact) mass is 337 g/mol. The van der Waals surface area contributed by atoms with Crippen LogP contribution in [0.15, 0.2) is 0 Å². The van der Waals surface area contributed by atoms with Crippen molar-refractivity contribution in [1.82, 2.24) is 0 Å². The van der Waals surface area contributed by atoms with E-state index in [-0.39, 0.29) is 43.3 Å². The molecule has 43 valence electrons. The molecule has 1 radical (unpaired) electrons. The van der Waals surface area contributed by atoms with Crippen molar-refractivity contribution in [3.63, 3.8) is 0 Å². The third-order valence-corrected chi connectivity index (χ3v) is 0. The summed E-state index contributed by atoms with van der Waals surface area (Å²) in [5, 5.41) is 13.9. The second-order valence-corrected chi connectivity index (χ2v) is 0.283. The molecule has 0 unspecified atom stereocenters. The van der Waals surface area contributed by atoms with Crippen molar-refractivity contribution in [2.75, 3.05) is 0 Å². The summed E-state index contributed by atoms with van der Waals surface area (Å²) in [6.45, 7) is 0. The number of hydrogen-bond acceptors (Lipinski definition) is 1. The molecule has 0 aromatic rings. The van der Waals surface area contributed by atoms with E-state index in [1.807, 2.05) is 0 Å². The van der Waals surface area contributed by atoms with Crippen molar-refractivity contribution < 1.29 is 32.1 Å². The normalized spacial score (nSPS) is 4.00. The largest absolute Gasteiger partial charge is 0 e. The van der Waals surface area contributed by atoms with E-state index < -0.39 is 6.16 Å². The van der Waals surface area contributed by atoms with Gasteiger partial charge in [-0.1, -0.05) is 0 Å². The molecule has 0 bridgehead atoms. The summed E-state index contributed by atoms with van der Waals surface area (Å²) in [4.78, 5) is 8.56. The van der Waals surface area contributed by atoms with Crippen molar-refractivity contribution in [2.45, 2.75) is 0 Å². The molecule has 0 aliphatic heterocycles. The molecular formula is CH5BiCuO3. The molecule has 0 saturated heterocycles. The van der Waals surface area contributed by atoms with Crippen molar-refractivity contribution in [3.05, 3.63) is 0 Å². The maximum atomic E-state index is 8.56. The predicted molar refractivity (Wildman–Crippen MR) is 20.6 cm³/mol. The quantitative estimate of drug-likeness (QED) is 0.560. The Morgan fingerprint density at radius 3 is 1.33 bits per heavy atom. The zero-order chi connectivity index (χ0) is 3.58. The molecule has 3 nitrogen and oxygen atoms in total. The van der Waals surface area contributed by atoms with E-state index in [2.05, 4.69) is 0 Å². The van der Waals surface area contributed by atoms with Crippen LogP contribution in [-0.2, 0) is 17.1 Å². The second-order valence-electron chi connectivity index (χ2n) is 0.283. The average Bonchev–Trinajstić information content (AvgIpc) is 0.811. The Balaban J connectivity index is -0.0000000450. The fourth-order valence-corrected chi connectivity index (χ4v) is 0. The smallest absolute Gasteiger partial charge is 0 e. The van der Waals surface area contributed by atoms with E-state index in [9.17, 15) is 0 Å². The first kappa shape index (κ1) is 15.9. The minimum Gasteiger partial charge on any atom is 0 e. The van der Waals surface area contributed by atoms with Gasteiger partial charge >= 0.3 is 32.4 Å². The Morgan fingerprint density at radius 2 is 1.33 bits per heavy atom. The predicted octanol–water partition coefficient (Wildman–Crippen LogP) is -0.964. The summed E-state index contributed by atoms with van der Waals surface area (Å²) in [7, 11) is 0. The second kappa shape index (κ2) is 9.18.